The van der Waals surface area contributed by atoms with Crippen LogP contribution in [0.5, 0.6) is 0 Å². The van der Waals surface area contributed by atoms with Crippen LogP contribution in [-0.2, 0) is 11.2 Å². The van der Waals surface area contributed by atoms with E-state index in [1.807, 2.05) is 19.1 Å². The van der Waals surface area contributed by atoms with Gasteiger partial charge in [0.25, 0.3) is 0 Å². The molecule has 0 spiro atoms. The van der Waals surface area contributed by atoms with Crippen molar-refractivity contribution in [3.8, 4) is 0 Å². The normalized spacial score (nSPS) is 10.9. The minimum Gasteiger partial charge on any atom is -0.460 e. The maximum absolute atomic E-state index is 12.2. The van der Waals surface area contributed by atoms with Crippen molar-refractivity contribution in [2.45, 2.75) is 19.8 Å². The van der Waals surface area contributed by atoms with Gasteiger partial charge >= 0.3 is 5.97 Å². The molecule has 5 heteroatoms. The van der Waals surface area contributed by atoms with E-state index in [-0.39, 0.29) is 5.76 Å². The van der Waals surface area contributed by atoms with Gasteiger partial charge in [-0.1, -0.05) is 11.6 Å². The maximum atomic E-state index is 12.2. The number of fused-ring (bicyclic) bond motifs is 1. The van der Waals surface area contributed by atoms with E-state index in [0.717, 1.165) is 23.8 Å². The first-order valence-electron chi connectivity index (χ1n) is 7.40. The van der Waals surface area contributed by atoms with E-state index in [0.29, 0.717) is 17.2 Å². The molecule has 0 saturated heterocycles. The Morgan fingerprint density at radius 1 is 1.26 bits per heavy atom. The molecule has 4 nitrogen and oxygen atoms in total. The highest BCUT2D eigenvalue weighted by Gasteiger charge is 2.19. The highest BCUT2D eigenvalue weighted by atomic mass is 35.5. The van der Waals surface area contributed by atoms with Crippen LogP contribution in [0.1, 0.15) is 28.1 Å². The van der Waals surface area contributed by atoms with Gasteiger partial charge in [-0.15, -0.1) is 0 Å². The highest BCUT2D eigenvalue weighted by molar-refractivity contribution is 6.31. The van der Waals surface area contributed by atoms with Gasteiger partial charge in [-0.3, -0.25) is 4.98 Å². The molecular formula is C18H16ClNO3. The zero-order valence-corrected chi connectivity index (χ0v) is 13.5. The standard InChI is InChI=1S/C18H16ClNO3/c1-12-15-11-14(19)4-5-16(15)23-17(12)18(21)22-10-2-3-13-6-8-20-9-7-13/h4-9,11H,2-3,10H2,1H3. The highest BCUT2D eigenvalue weighted by Crippen LogP contribution is 2.28. The lowest BCUT2D eigenvalue weighted by molar-refractivity contribution is 0.0466. The second kappa shape index (κ2) is 6.84. The molecule has 0 bridgehead atoms. The number of nitrogens with zero attached hydrogens (tertiary/aromatic N) is 1. The average molecular weight is 330 g/mol. The van der Waals surface area contributed by atoms with Crippen LogP contribution in [-0.4, -0.2) is 17.6 Å². The average Bonchev–Trinajstić information content (AvgIpc) is 2.89. The lowest BCUT2D eigenvalue weighted by Gasteiger charge is -2.03. The van der Waals surface area contributed by atoms with Gasteiger partial charge in [-0.25, -0.2) is 4.79 Å². The second-order valence-electron chi connectivity index (χ2n) is 5.29. The van der Waals surface area contributed by atoms with Gasteiger partial charge in [0.2, 0.25) is 5.76 Å². The monoisotopic (exact) mass is 329 g/mol. The molecule has 0 aliphatic carbocycles. The molecule has 0 saturated carbocycles. The Morgan fingerprint density at radius 2 is 2.04 bits per heavy atom. The van der Waals surface area contributed by atoms with Crippen LogP contribution in [0.4, 0.5) is 0 Å². The molecular weight excluding hydrogens is 314 g/mol. The topological polar surface area (TPSA) is 52.3 Å². The molecule has 0 fully saturated rings. The van der Waals surface area contributed by atoms with Crippen LogP contribution in [0.2, 0.25) is 5.02 Å². The molecule has 0 aliphatic heterocycles. The molecule has 0 N–H and O–H groups in total. The van der Waals surface area contributed by atoms with Crippen LogP contribution in [0.3, 0.4) is 0 Å². The summed E-state index contributed by atoms with van der Waals surface area (Å²) in [6.45, 7) is 2.17. The number of ether oxygens (including phenoxy) is 1. The molecule has 0 amide bonds. The van der Waals surface area contributed by atoms with Crippen LogP contribution in [0.25, 0.3) is 11.0 Å². The van der Waals surface area contributed by atoms with E-state index < -0.39 is 5.97 Å². The van der Waals surface area contributed by atoms with Crippen molar-refractivity contribution in [2.75, 3.05) is 6.61 Å². The molecule has 3 rings (SSSR count). The summed E-state index contributed by atoms with van der Waals surface area (Å²) >= 11 is 5.98. The second-order valence-corrected chi connectivity index (χ2v) is 5.73. The number of benzene rings is 1. The van der Waals surface area contributed by atoms with Crippen molar-refractivity contribution in [1.82, 2.24) is 4.98 Å². The molecule has 118 valence electrons. The molecule has 3 aromatic rings. The molecule has 2 aromatic heterocycles. The summed E-state index contributed by atoms with van der Waals surface area (Å²) in [5.74, 6) is -0.198. The Morgan fingerprint density at radius 3 is 2.83 bits per heavy atom. The van der Waals surface area contributed by atoms with Gasteiger partial charge in [0.05, 0.1) is 6.61 Å². The lowest BCUT2D eigenvalue weighted by atomic mass is 10.1. The quantitative estimate of drug-likeness (QED) is 0.508. The zero-order chi connectivity index (χ0) is 16.2. The number of aryl methyl sites for hydroxylation is 2. The molecule has 2 heterocycles. The minimum absolute atomic E-state index is 0.242. The van der Waals surface area contributed by atoms with Crippen LogP contribution < -0.4 is 0 Å². The summed E-state index contributed by atoms with van der Waals surface area (Å²) < 4.78 is 10.9. The summed E-state index contributed by atoms with van der Waals surface area (Å²) in [5, 5.41) is 1.44. The van der Waals surface area contributed by atoms with E-state index in [9.17, 15) is 4.79 Å². The lowest BCUT2D eigenvalue weighted by Crippen LogP contribution is -2.07. The van der Waals surface area contributed by atoms with Crippen molar-refractivity contribution in [2.24, 2.45) is 0 Å². The summed E-state index contributed by atoms with van der Waals surface area (Å²) in [5.41, 5.74) is 2.56. The number of hydrogen-bond donors (Lipinski definition) is 0. The van der Waals surface area contributed by atoms with Gasteiger partial charge in [-0.2, -0.15) is 0 Å². The number of pyridine rings is 1. The van der Waals surface area contributed by atoms with Gasteiger partial charge in [0.15, 0.2) is 0 Å². The van der Waals surface area contributed by atoms with Crippen LogP contribution >= 0.6 is 11.6 Å². The molecule has 1 aromatic carbocycles. The molecule has 23 heavy (non-hydrogen) atoms. The number of halogens is 1. The predicted molar refractivity (Wildman–Crippen MR) is 88.8 cm³/mol. The fourth-order valence-electron chi connectivity index (χ4n) is 2.44. The van der Waals surface area contributed by atoms with Crippen molar-refractivity contribution in [1.29, 1.82) is 0 Å². The first kappa shape index (κ1) is 15.6. The van der Waals surface area contributed by atoms with Crippen molar-refractivity contribution >= 4 is 28.5 Å². The van der Waals surface area contributed by atoms with Gasteiger partial charge in [0, 0.05) is 28.4 Å². The minimum atomic E-state index is -0.440. The van der Waals surface area contributed by atoms with Crippen molar-refractivity contribution in [3.05, 3.63) is 64.6 Å². The SMILES string of the molecule is Cc1c(C(=O)OCCCc2ccncc2)oc2ccc(Cl)cc12. The third kappa shape index (κ3) is 3.54. The Hall–Kier alpha value is -2.33. The third-order valence-electron chi connectivity index (χ3n) is 3.68. The number of esters is 1. The number of furan rings is 1. The Labute approximate surface area is 139 Å². The summed E-state index contributed by atoms with van der Waals surface area (Å²) in [4.78, 5) is 16.1. The van der Waals surface area contributed by atoms with Gasteiger partial charge in [0.1, 0.15) is 5.58 Å². The van der Waals surface area contributed by atoms with E-state index in [1.54, 1.807) is 30.6 Å². The van der Waals surface area contributed by atoms with E-state index in [2.05, 4.69) is 4.98 Å². The fourth-order valence-corrected chi connectivity index (χ4v) is 2.62. The van der Waals surface area contributed by atoms with Crippen LogP contribution in [0, 0.1) is 6.92 Å². The maximum Gasteiger partial charge on any atom is 0.374 e. The van der Waals surface area contributed by atoms with E-state index in [4.69, 9.17) is 20.8 Å². The van der Waals surface area contributed by atoms with Gasteiger partial charge < -0.3 is 9.15 Å². The summed E-state index contributed by atoms with van der Waals surface area (Å²) in [6.07, 6.45) is 5.10. The van der Waals surface area contributed by atoms with Crippen molar-refractivity contribution in [3.63, 3.8) is 0 Å². The molecule has 0 atom stereocenters. The third-order valence-corrected chi connectivity index (χ3v) is 3.91. The molecule has 0 aliphatic rings. The Kier molecular flexibility index (Phi) is 4.63. The number of hydrogen-bond acceptors (Lipinski definition) is 4. The van der Waals surface area contributed by atoms with Gasteiger partial charge in [-0.05, 0) is 55.7 Å². The Bertz CT molecular complexity index is 827. The number of carbonyl (C=O) groups excluding carboxylic acids is 1. The molecule has 0 radical (unpaired) electrons. The summed E-state index contributed by atoms with van der Waals surface area (Å²) in [6, 6.07) is 9.18. The number of carbonyl (C=O) groups is 1. The zero-order valence-electron chi connectivity index (χ0n) is 12.7. The number of rotatable bonds is 5. The van der Waals surface area contributed by atoms with E-state index in [1.165, 1.54) is 5.56 Å². The first-order valence-corrected chi connectivity index (χ1v) is 7.77. The van der Waals surface area contributed by atoms with Crippen LogP contribution in [0.15, 0.2) is 47.1 Å². The Balaban J connectivity index is 1.61. The first-order chi connectivity index (χ1) is 11.1. The van der Waals surface area contributed by atoms with Crippen molar-refractivity contribution < 1.29 is 13.9 Å². The largest absolute Gasteiger partial charge is 0.460 e. The molecule has 0 unspecified atom stereocenters. The van der Waals surface area contributed by atoms with E-state index >= 15 is 0 Å². The smallest absolute Gasteiger partial charge is 0.374 e. The number of aromatic nitrogens is 1. The predicted octanol–water partition coefficient (Wildman–Crippen LogP) is 4.58. The summed E-state index contributed by atoms with van der Waals surface area (Å²) in [7, 11) is 0. The fraction of sp³-hybridized carbons (Fsp3) is 0.222.